The minimum absolute atomic E-state index is 0.357. The molecule has 0 amide bonds. The Balaban J connectivity index is 2.54. The molecule has 0 aliphatic carbocycles. The molecule has 0 bridgehead atoms. The Morgan fingerprint density at radius 3 is 2.75 bits per heavy atom. The summed E-state index contributed by atoms with van der Waals surface area (Å²) >= 11 is 12.1. The number of aromatic nitrogens is 3. The first-order valence-electron chi connectivity index (χ1n) is 6.28. The quantitative estimate of drug-likeness (QED) is 0.911. The standard InChI is InChI=1S/C13H16Cl2N4O/c1-7(2)5-10(16)12-17-18-13(20)19(12)11-6-8(14)3-4-9(11)15/h3-4,6-7,10H,5,16H2,1-2H3,(H,18,20)/t10-/m0/s1. The van der Waals surface area contributed by atoms with Crippen LogP contribution < -0.4 is 11.4 Å². The van der Waals surface area contributed by atoms with Gasteiger partial charge in [-0.25, -0.2) is 14.5 Å². The maximum Gasteiger partial charge on any atom is 0.348 e. The van der Waals surface area contributed by atoms with Gasteiger partial charge in [-0.2, -0.15) is 5.10 Å². The lowest BCUT2D eigenvalue weighted by molar-refractivity contribution is 0.487. The van der Waals surface area contributed by atoms with E-state index in [0.717, 1.165) is 0 Å². The van der Waals surface area contributed by atoms with Crippen molar-refractivity contribution in [1.82, 2.24) is 14.8 Å². The highest BCUT2D eigenvalue weighted by atomic mass is 35.5. The van der Waals surface area contributed by atoms with Crippen molar-refractivity contribution in [3.63, 3.8) is 0 Å². The molecule has 1 aromatic carbocycles. The van der Waals surface area contributed by atoms with Gasteiger partial charge in [0.1, 0.15) is 0 Å². The molecular weight excluding hydrogens is 299 g/mol. The monoisotopic (exact) mass is 314 g/mol. The van der Waals surface area contributed by atoms with Crippen molar-refractivity contribution in [2.24, 2.45) is 11.7 Å². The van der Waals surface area contributed by atoms with E-state index in [1.54, 1.807) is 18.2 Å². The third-order valence-electron chi connectivity index (χ3n) is 2.90. The Labute approximate surface area is 126 Å². The fraction of sp³-hybridized carbons (Fsp3) is 0.385. The minimum atomic E-state index is -0.386. The first kappa shape index (κ1) is 15.1. The van der Waals surface area contributed by atoms with Crippen molar-refractivity contribution in [3.8, 4) is 5.69 Å². The summed E-state index contributed by atoms with van der Waals surface area (Å²) < 4.78 is 1.38. The molecule has 3 N–H and O–H groups in total. The smallest absolute Gasteiger partial charge is 0.321 e. The van der Waals surface area contributed by atoms with Crippen molar-refractivity contribution < 1.29 is 0 Å². The number of aromatic amines is 1. The lowest BCUT2D eigenvalue weighted by atomic mass is 10.0. The highest BCUT2D eigenvalue weighted by Gasteiger charge is 2.20. The predicted octanol–water partition coefficient (Wildman–Crippen LogP) is 2.91. The Morgan fingerprint density at radius 1 is 1.40 bits per heavy atom. The van der Waals surface area contributed by atoms with Gasteiger partial charge in [-0.05, 0) is 30.5 Å². The Kier molecular flexibility index (Phi) is 4.52. The van der Waals surface area contributed by atoms with Gasteiger partial charge in [-0.15, -0.1) is 0 Å². The van der Waals surface area contributed by atoms with Crippen LogP contribution in [-0.4, -0.2) is 14.8 Å². The van der Waals surface area contributed by atoms with Gasteiger partial charge < -0.3 is 5.73 Å². The van der Waals surface area contributed by atoms with Crippen LogP contribution in [0.5, 0.6) is 0 Å². The summed E-state index contributed by atoms with van der Waals surface area (Å²) in [7, 11) is 0. The molecule has 1 aromatic heterocycles. The van der Waals surface area contributed by atoms with Crippen LogP contribution in [0.25, 0.3) is 5.69 Å². The number of rotatable bonds is 4. The number of benzene rings is 1. The van der Waals surface area contributed by atoms with Crippen molar-refractivity contribution in [1.29, 1.82) is 0 Å². The largest absolute Gasteiger partial charge is 0.348 e. The molecule has 0 aliphatic heterocycles. The highest BCUT2D eigenvalue weighted by molar-refractivity contribution is 6.34. The molecule has 0 saturated carbocycles. The fourth-order valence-electron chi connectivity index (χ4n) is 2.06. The summed E-state index contributed by atoms with van der Waals surface area (Å²) in [4.78, 5) is 12.0. The second-order valence-electron chi connectivity index (χ2n) is 5.05. The molecule has 5 nitrogen and oxygen atoms in total. The van der Waals surface area contributed by atoms with E-state index < -0.39 is 0 Å². The molecule has 0 aliphatic rings. The molecule has 0 fully saturated rings. The zero-order valence-electron chi connectivity index (χ0n) is 11.2. The van der Waals surface area contributed by atoms with Crippen LogP contribution in [0.4, 0.5) is 0 Å². The van der Waals surface area contributed by atoms with Crippen molar-refractivity contribution in [2.45, 2.75) is 26.3 Å². The van der Waals surface area contributed by atoms with E-state index in [-0.39, 0.29) is 11.7 Å². The molecule has 0 radical (unpaired) electrons. The molecule has 1 heterocycles. The van der Waals surface area contributed by atoms with E-state index in [2.05, 4.69) is 24.0 Å². The van der Waals surface area contributed by atoms with Gasteiger partial charge in [0.05, 0.1) is 16.8 Å². The molecule has 20 heavy (non-hydrogen) atoms. The van der Waals surface area contributed by atoms with Gasteiger partial charge in [0, 0.05) is 5.02 Å². The third-order valence-corrected chi connectivity index (χ3v) is 3.46. The van der Waals surface area contributed by atoms with Crippen LogP contribution in [0.1, 0.15) is 32.1 Å². The average Bonchev–Trinajstić information content (AvgIpc) is 2.73. The summed E-state index contributed by atoms with van der Waals surface area (Å²) in [5.74, 6) is 0.841. The molecule has 2 aromatic rings. The maximum absolute atomic E-state index is 12.0. The van der Waals surface area contributed by atoms with Crippen molar-refractivity contribution in [2.75, 3.05) is 0 Å². The topological polar surface area (TPSA) is 76.7 Å². The minimum Gasteiger partial charge on any atom is -0.321 e. The zero-order valence-corrected chi connectivity index (χ0v) is 12.7. The van der Waals surface area contributed by atoms with E-state index in [0.29, 0.717) is 33.9 Å². The Bertz CT molecular complexity index is 663. The van der Waals surface area contributed by atoms with Crippen LogP contribution in [0.15, 0.2) is 23.0 Å². The summed E-state index contributed by atoms with van der Waals surface area (Å²) in [6.45, 7) is 4.11. The number of hydrogen-bond donors (Lipinski definition) is 2. The van der Waals surface area contributed by atoms with Crippen molar-refractivity contribution >= 4 is 23.2 Å². The molecule has 0 spiro atoms. The second-order valence-corrected chi connectivity index (χ2v) is 5.90. The van der Waals surface area contributed by atoms with Gasteiger partial charge in [0.15, 0.2) is 5.82 Å². The SMILES string of the molecule is CC(C)C[C@H](N)c1n[nH]c(=O)n1-c1cc(Cl)ccc1Cl. The Hall–Kier alpha value is -1.30. The number of halogens is 2. The molecule has 108 valence electrons. The van der Waals surface area contributed by atoms with Gasteiger partial charge in [-0.3, -0.25) is 0 Å². The number of hydrogen-bond acceptors (Lipinski definition) is 3. The number of nitrogens with two attached hydrogens (primary N) is 1. The van der Waals surface area contributed by atoms with Crippen LogP contribution in [0.2, 0.25) is 10.0 Å². The predicted molar refractivity (Wildman–Crippen MR) is 80.6 cm³/mol. The van der Waals surface area contributed by atoms with Crippen LogP contribution >= 0.6 is 23.2 Å². The summed E-state index contributed by atoms with van der Waals surface area (Å²) in [5, 5.41) is 7.33. The average molecular weight is 315 g/mol. The van der Waals surface area contributed by atoms with E-state index in [9.17, 15) is 4.79 Å². The summed E-state index contributed by atoms with van der Waals surface area (Å²) in [6.07, 6.45) is 0.711. The third kappa shape index (κ3) is 3.06. The van der Waals surface area contributed by atoms with Gasteiger partial charge in [-0.1, -0.05) is 37.0 Å². The fourth-order valence-corrected chi connectivity index (χ4v) is 2.43. The first-order valence-corrected chi connectivity index (χ1v) is 7.04. The van der Waals surface area contributed by atoms with E-state index in [4.69, 9.17) is 28.9 Å². The van der Waals surface area contributed by atoms with Crippen LogP contribution in [0, 0.1) is 5.92 Å². The van der Waals surface area contributed by atoms with E-state index in [1.165, 1.54) is 4.57 Å². The van der Waals surface area contributed by atoms with Gasteiger partial charge in [0.2, 0.25) is 0 Å². The van der Waals surface area contributed by atoms with Crippen LogP contribution in [0.3, 0.4) is 0 Å². The highest BCUT2D eigenvalue weighted by Crippen LogP contribution is 2.26. The normalized spacial score (nSPS) is 12.9. The molecule has 2 rings (SSSR count). The van der Waals surface area contributed by atoms with Crippen LogP contribution in [-0.2, 0) is 0 Å². The number of nitrogens with one attached hydrogen (secondary N) is 1. The van der Waals surface area contributed by atoms with E-state index in [1.807, 2.05) is 0 Å². The molecule has 0 saturated heterocycles. The van der Waals surface area contributed by atoms with E-state index >= 15 is 0 Å². The van der Waals surface area contributed by atoms with Crippen molar-refractivity contribution in [3.05, 3.63) is 44.6 Å². The lowest BCUT2D eigenvalue weighted by Crippen LogP contribution is -2.23. The molecule has 1 atom stereocenters. The molecular formula is C13H16Cl2N4O. The number of nitrogens with zero attached hydrogens (tertiary/aromatic N) is 2. The second kappa shape index (κ2) is 5.99. The summed E-state index contributed by atoms with van der Waals surface area (Å²) in [6, 6.07) is 4.55. The lowest BCUT2D eigenvalue weighted by Gasteiger charge is -2.15. The molecule has 0 unspecified atom stereocenters. The Morgan fingerprint density at radius 2 is 2.10 bits per heavy atom. The zero-order chi connectivity index (χ0) is 14.9. The maximum atomic E-state index is 12.0. The molecule has 7 heteroatoms. The van der Waals surface area contributed by atoms with Gasteiger partial charge in [0.25, 0.3) is 0 Å². The van der Waals surface area contributed by atoms with Gasteiger partial charge >= 0.3 is 5.69 Å². The summed E-state index contributed by atoms with van der Waals surface area (Å²) in [5.41, 5.74) is 6.21. The first-order chi connectivity index (χ1) is 9.40. The number of H-pyrrole nitrogens is 1.